The second-order valence-corrected chi connectivity index (χ2v) is 6.26. The van der Waals surface area contributed by atoms with E-state index < -0.39 is 13.9 Å². The van der Waals surface area contributed by atoms with Crippen molar-refractivity contribution < 1.29 is 14.4 Å². The molecule has 0 radical (unpaired) electrons. The summed E-state index contributed by atoms with van der Waals surface area (Å²) in [5.74, 6) is 1.05. The van der Waals surface area contributed by atoms with Gasteiger partial charge in [-0.2, -0.15) is 4.98 Å². The first-order valence-electron chi connectivity index (χ1n) is 6.31. The van der Waals surface area contributed by atoms with Crippen molar-refractivity contribution in [3.05, 3.63) is 12.2 Å². The van der Waals surface area contributed by atoms with Crippen molar-refractivity contribution in [2.75, 3.05) is 19.9 Å². The molecule has 20 heavy (non-hydrogen) atoms. The zero-order chi connectivity index (χ0) is 14.7. The van der Waals surface area contributed by atoms with Crippen molar-refractivity contribution >= 4 is 19.0 Å². The van der Waals surface area contributed by atoms with Gasteiger partial charge in [0.15, 0.2) is 17.3 Å². The highest BCUT2D eigenvalue weighted by atomic mass is 31.1. The van der Waals surface area contributed by atoms with Crippen LogP contribution in [0.3, 0.4) is 0 Å². The summed E-state index contributed by atoms with van der Waals surface area (Å²) in [5, 5.41) is 9.77. The molecule has 8 heteroatoms. The molecule has 0 aliphatic rings. The molecule has 2 atom stereocenters. The number of rotatable bonds is 6. The lowest BCUT2D eigenvalue weighted by Crippen LogP contribution is -2.13. The van der Waals surface area contributed by atoms with Gasteiger partial charge in [-0.1, -0.05) is 4.57 Å². The fraction of sp³-hybridized carbons (Fsp3) is 0.583. The maximum atomic E-state index is 11.1. The van der Waals surface area contributed by atoms with E-state index in [9.17, 15) is 9.67 Å². The second-order valence-electron chi connectivity index (χ2n) is 4.64. The zero-order valence-corrected chi connectivity index (χ0v) is 12.7. The number of aromatic nitrogens is 4. The van der Waals surface area contributed by atoms with Crippen molar-refractivity contribution in [3.63, 3.8) is 0 Å². The maximum Gasteiger partial charge on any atom is 0.338 e. The average molecular weight is 297 g/mol. The summed E-state index contributed by atoms with van der Waals surface area (Å²) in [5.41, 5.74) is 1.29. The average Bonchev–Trinajstić information content (AvgIpc) is 2.77. The minimum atomic E-state index is -1.33. The molecule has 2 aromatic rings. The maximum absolute atomic E-state index is 11.1. The van der Waals surface area contributed by atoms with Crippen LogP contribution >= 0.6 is 7.80 Å². The van der Waals surface area contributed by atoms with E-state index >= 15 is 0 Å². The van der Waals surface area contributed by atoms with E-state index in [0.717, 1.165) is 0 Å². The second kappa shape index (κ2) is 6.24. The van der Waals surface area contributed by atoms with Crippen LogP contribution in [-0.2, 0) is 11.1 Å². The molecule has 0 aliphatic heterocycles. The molecular formula is C12H18N4O3P+. The summed E-state index contributed by atoms with van der Waals surface area (Å²) in [6.45, 7) is 3.96. The van der Waals surface area contributed by atoms with Gasteiger partial charge in [-0.3, -0.25) is 0 Å². The lowest BCUT2D eigenvalue weighted by atomic mass is 10.3. The highest BCUT2D eigenvalue weighted by molar-refractivity contribution is 7.43. The largest absolute Gasteiger partial charge is 0.479 e. The Hall–Kier alpha value is -1.59. The SMILES string of the molecule is COc1nc(C)nc2c1ncn2CCC(O)C[P+](C)=O. The minimum absolute atomic E-state index is 0.319. The van der Waals surface area contributed by atoms with Gasteiger partial charge in [-0.15, -0.1) is 0 Å². The molecule has 1 N–H and O–H groups in total. The normalized spacial score (nSPS) is 13.5. The van der Waals surface area contributed by atoms with Gasteiger partial charge in [0.05, 0.1) is 19.5 Å². The topological polar surface area (TPSA) is 90.1 Å². The van der Waals surface area contributed by atoms with Gasteiger partial charge in [0.25, 0.3) is 0 Å². The number of nitrogens with zero attached hydrogens (tertiary/aromatic N) is 4. The standard InChI is InChI=1S/C12H18N4O3P/c1-8-14-11-10(12(15-8)19-2)13-7-16(11)5-4-9(17)6-20(3)18/h7,9,17H,4-6H2,1-3H3/q+1. The Morgan fingerprint density at radius 2 is 2.25 bits per heavy atom. The molecule has 0 saturated carbocycles. The molecule has 0 spiro atoms. The summed E-state index contributed by atoms with van der Waals surface area (Å²) < 4.78 is 18.1. The molecular weight excluding hydrogens is 279 g/mol. The monoisotopic (exact) mass is 297 g/mol. The van der Waals surface area contributed by atoms with Crippen LogP contribution < -0.4 is 4.74 Å². The molecule has 2 unspecified atom stereocenters. The molecule has 0 amide bonds. The predicted molar refractivity (Wildman–Crippen MR) is 75.6 cm³/mol. The Morgan fingerprint density at radius 1 is 1.50 bits per heavy atom. The Labute approximate surface area is 117 Å². The molecule has 7 nitrogen and oxygen atoms in total. The van der Waals surface area contributed by atoms with Gasteiger partial charge < -0.3 is 14.4 Å². The first kappa shape index (κ1) is 14.8. The third-order valence-corrected chi connectivity index (χ3v) is 3.84. The number of aliphatic hydroxyl groups excluding tert-OH is 1. The van der Waals surface area contributed by atoms with Crippen molar-refractivity contribution in [1.82, 2.24) is 19.5 Å². The molecule has 0 bridgehead atoms. The molecule has 2 heterocycles. The molecule has 0 fully saturated rings. The van der Waals surface area contributed by atoms with Gasteiger partial charge in [0, 0.05) is 6.54 Å². The van der Waals surface area contributed by atoms with Crippen LogP contribution in [0, 0.1) is 6.92 Å². The van der Waals surface area contributed by atoms with Crippen LogP contribution in [-0.4, -0.2) is 50.7 Å². The van der Waals surface area contributed by atoms with Gasteiger partial charge >= 0.3 is 7.80 Å². The van der Waals surface area contributed by atoms with E-state index in [1.807, 2.05) is 4.57 Å². The summed E-state index contributed by atoms with van der Waals surface area (Å²) >= 11 is 0. The predicted octanol–water partition coefficient (Wildman–Crippen LogP) is 1.35. The van der Waals surface area contributed by atoms with Crippen LogP contribution in [0.5, 0.6) is 5.88 Å². The highest BCUT2D eigenvalue weighted by Gasteiger charge is 2.17. The number of methoxy groups -OCH3 is 1. The van der Waals surface area contributed by atoms with Gasteiger partial charge in [0.1, 0.15) is 12.5 Å². The van der Waals surface area contributed by atoms with E-state index in [2.05, 4.69) is 15.0 Å². The quantitative estimate of drug-likeness (QED) is 0.809. The van der Waals surface area contributed by atoms with Crippen LogP contribution in [0.15, 0.2) is 6.33 Å². The van der Waals surface area contributed by atoms with E-state index in [0.29, 0.717) is 42.0 Å². The molecule has 0 aliphatic carbocycles. The lowest BCUT2D eigenvalue weighted by molar-refractivity contribution is 0.181. The number of hydrogen-bond acceptors (Lipinski definition) is 6. The number of aryl methyl sites for hydroxylation is 2. The summed E-state index contributed by atoms with van der Waals surface area (Å²) in [4.78, 5) is 12.8. The van der Waals surface area contributed by atoms with Crippen LogP contribution in [0.25, 0.3) is 11.2 Å². The van der Waals surface area contributed by atoms with E-state index in [1.54, 1.807) is 27.0 Å². The molecule has 0 aromatic carbocycles. The molecule has 2 rings (SSSR count). The van der Waals surface area contributed by atoms with Crippen molar-refractivity contribution in [2.24, 2.45) is 0 Å². The van der Waals surface area contributed by atoms with Crippen molar-refractivity contribution in [3.8, 4) is 5.88 Å². The molecule has 0 saturated heterocycles. The third-order valence-electron chi connectivity index (χ3n) is 2.91. The van der Waals surface area contributed by atoms with E-state index in [-0.39, 0.29) is 0 Å². The number of ether oxygens (including phenoxy) is 1. The number of aliphatic hydroxyl groups is 1. The summed E-state index contributed by atoms with van der Waals surface area (Å²) in [7, 11) is 0.217. The molecule has 108 valence electrons. The summed E-state index contributed by atoms with van der Waals surface area (Å²) in [6.07, 6.45) is 1.90. The first-order chi connectivity index (χ1) is 9.51. The Bertz CT molecular complexity index is 628. The lowest BCUT2D eigenvalue weighted by Gasteiger charge is -2.07. The zero-order valence-electron chi connectivity index (χ0n) is 11.8. The fourth-order valence-corrected chi connectivity index (χ4v) is 2.78. The van der Waals surface area contributed by atoms with Gasteiger partial charge in [-0.05, 0) is 13.3 Å². The van der Waals surface area contributed by atoms with E-state index in [1.165, 1.54) is 0 Å². The van der Waals surface area contributed by atoms with Gasteiger partial charge in [-0.25, -0.2) is 9.97 Å². The van der Waals surface area contributed by atoms with E-state index in [4.69, 9.17) is 4.74 Å². The third kappa shape index (κ3) is 3.29. The minimum Gasteiger partial charge on any atom is -0.479 e. The fourth-order valence-electron chi connectivity index (χ4n) is 2.00. The highest BCUT2D eigenvalue weighted by Crippen LogP contribution is 2.21. The number of fused-ring (bicyclic) bond motifs is 1. The number of imidazole rings is 1. The Kier molecular flexibility index (Phi) is 4.62. The van der Waals surface area contributed by atoms with Crippen LogP contribution in [0.1, 0.15) is 12.2 Å². The van der Waals surface area contributed by atoms with Crippen LogP contribution in [0.2, 0.25) is 0 Å². The number of hydrogen-bond donors (Lipinski definition) is 1. The smallest absolute Gasteiger partial charge is 0.338 e. The summed E-state index contributed by atoms with van der Waals surface area (Å²) in [6, 6.07) is 0. The first-order valence-corrected chi connectivity index (χ1v) is 8.20. The van der Waals surface area contributed by atoms with Crippen molar-refractivity contribution in [2.45, 2.75) is 26.0 Å². The molecule has 2 aromatic heterocycles. The Morgan fingerprint density at radius 3 is 2.90 bits per heavy atom. The van der Waals surface area contributed by atoms with Gasteiger partial charge in [0.2, 0.25) is 5.88 Å². The Balaban J connectivity index is 2.19. The van der Waals surface area contributed by atoms with Crippen molar-refractivity contribution in [1.29, 1.82) is 0 Å². The van der Waals surface area contributed by atoms with Crippen LogP contribution in [0.4, 0.5) is 0 Å².